The molecule has 6 radical (unpaired) electrons. The zero-order valence-electron chi connectivity index (χ0n) is 13.8. The molecule has 27 heavy (non-hydrogen) atoms. The van der Waals surface area contributed by atoms with Crippen molar-refractivity contribution in [2.45, 2.75) is 25.5 Å². The zero-order valence-corrected chi connectivity index (χ0v) is 14.6. The molecule has 7 nitrogen and oxygen atoms in total. The summed E-state index contributed by atoms with van der Waals surface area (Å²) in [4.78, 5) is 23.4. The first-order chi connectivity index (χ1) is 12.2. The van der Waals surface area contributed by atoms with E-state index in [1.807, 2.05) is 0 Å². The number of hydrogen-bond donors (Lipinski definition) is 2. The summed E-state index contributed by atoms with van der Waals surface area (Å²) >= 11 is 0. The standard InChI is InChI=1S/C13H11B3F3NO6S/c1-5(21)20-11-6(3-14)2-7(15)9(10(11)16)12(22)26-8(13(17,18)19)4-27(23,24)25/h2,8H,3-4H2,1H3,(H,20,21)(H,23,24,25). The normalized spacial score (nSPS) is 13.1. The molecule has 1 amide bonds. The van der Waals surface area contributed by atoms with Crippen molar-refractivity contribution in [3.8, 4) is 0 Å². The fourth-order valence-electron chi connectivity index (χ4n) is 2.07. The Kier molecular flexibility index (Phi) is 7.17. The molecule has 0 saturated heterocycles. The highest BCUT2D eigenvalue weighted by atomic mass is 32.2. The second-order valence-corrected chi connectivity index (χ2v) is 6.86. The Labute approximate surface area is 157 Å². The van der Waals surface area contributed by atoms with Crippen LogP contribution in [-0.4, -0.2) is 66.4 Å². The average molecular weight is 399 g/mol. The molecule has 140 valence electrons. The summed E-state index contributed by atoms with van der Waals surface area (Å²) in [5.41, 5.74) is -1.59. The van der Waals surface area contributed by atoms with Gasteiger partial charge in [0.2, 0.25) is 12.0 Å². The molecule has 0 aromatic heterocycles. The van der Waals surface area contributed by atoms with Crippen molar-refractivity contribution in [3.05, 3.63) is 17.2 Å². The molecular weight excluding hydrogens is 388 g/mol. The number of anilines is 1. The van der Waals surface area contributed by atoms with E-state index in [0.29, 0.717) is 0 Å². The van der Waals surface area contributed by atoms with Gasteiger partial charge in [0, 0.05) is 18.2 Å². The summed E-state index contributed by atoms with van der Waals surface area (Å²) in [6.07, 6.45) is -8.64. The zero-order chi connectivity index (χ0) is 21.2. The van der Waals surface area contributed by atoms with Crippen molar-refractivity contribution in [1.82, 2.24) is 0 Å². The van der Waals surface area contributed by atoms with Crippen LogP contribution >= 0.6 is 0 Å². The van der Waals surface area contributed by atoms with E-state index >= 15 is 0 Å². The molecule has 14 heteroatoms. The first-order valence-corrected chi connectivity index (χ1v) is 8.69. The first-order valence-electron chi connectivity index (χ1n) is 7.08. The van der Waals surface area contributed by atoms with Crippen LogP contribution in [0.4, 0.5) is 18.9 Å². The number of ether oxygens (including phenoxy) is 1. The molecule has 0 aliphatic rings. The maximum absolute atomic E-state index is 12.9. The molecule has 0 fully saturated rings. The Morgan fingerprint density at radius 1 is 1.33 bits per heavy atom. The van der Waals surface area contributed by atoms with Crippen molar-refractivity contribution in [2.75, 3.05) is 11.1 Å². The van der Waals surface area contributed by atoms with Gasteiger partial charge in [-0.2, -0.15) is 21.6 Å². The lowest BCUT2D eigenvalue weighted by Gasteiger charge is -2.22. The summed E-state index contributed by atoms with van der Waals surface area (Å²) in [7, 11) is 11.7. The number of halogens is 3. The van der Waals surface area contributed by atoms with Crippen LogP contribution in [0.5, 0.6) is 0 Å². The second-order valence-electron chi connectivity index (χ2n) is 5.36. The number of hydrogen-bond acceptors (Lipinski definition) is 5. The van der Waals surface area contributed by atoms with Crippen LogP contribution in [-0.2, 0) is 26.0 Å². The van der Waals surface area contributed by atoms with E-state index in [0.717, 1.165) is 13.0 Å². The fraction of sp³-hybridized carbons (Fsp3) is 0.385. The summed E-state index contributed by atoms with van der Waals surface area (Å²) in [5, 5.41) is 2.27. The number of amides is 1. The van der Waals surface area contributed by atoms with E-state index < -0.39 is 56.5 Å². The predicted molar refractivity (Wildman–Crippen MR) is 92.7 cm³/mol. The second kappa shape index (κ2) is 8.38. The smallest absolute Gasteiger partial charge is 0.426 e. The van der Waals surface area contributed by atoms with Gasteiger partial charge in [-0.05, 0) is 5.56 Å². The molecule has 0 saturated carbocycles. The van der Waals surface area contributed by atoms with Crippen LogP contribution in [0.15, 0.2) is 6.07 Å². The maximum Gasteiger partial charge on any atom is 0.426 e. The number of benzene rings is 1. The van der Waals surface area contributed by atoms with Gasteiger partial charge >= 0.3 is 12.1 Å². The molecule has 1 atom stereocenters. The fourth-order valence-corrected chi connectivity index (χ4v) is 2.71. The Bertz CT molecular complexity index is 860. The molecule has 0 heterocycles. The van der Waals surface area contributed by atoms with E-state index in [2.05, 4.69) is 10.1 Å². The Morgan fingerprint density at radius 3 is 2.30 bits per heavy atom. The largest absolute Gasteiger partial charge is 0.448 e. The van der Waals surface area contributed by atoms with Gasteiger partial charge < -0.3 is 10.1 Å². The highest BCUT2D eigenvalue weighted by molar-refractivity contribution is 7.85. The van der Waals surface area contributed by atoms with E-state index in [9.17, 15) is 31.2 Å². The Balaban J connectivity index is 3.38. The monoisotopic (exact) mass is 399 g/mol. The van der Waals surface area contributed by atoms with Crippen LogP contribution in [0.2, 0.25) is 0 Å². The molecule has 0 aliphatic carbocycles. The van der Waals surface area contributed by atoms with Crippen molar-refractivity contribution in [1.29, 1.82) is 0 Å². The van der Waals surface area contributed by atoms with Crippen LogP contribution in [0.1, 0.15) is 22.8 Å². The quantitative estimate of drug-likeness (QED) is 0.357. The highest BCUT2D eigenvalue weighted by Gasteiger charge is 2.45. The predicted octanol–water partition coefficient (Wildman–Crippen LogP) is -1.12. The molecular formula is C13H11B3F3NO6S. The number of nitrogens with one attached hydrogen (secondary N) is 1. The number of rotatable bonds is 6. The Morgan fingerprint density at radius 2 is 1.89 bits per heavy atom. The Hall–Kier alpha value is -1.95. The SMILES string of the molecule is [B]Cc1cc([B])c(C(=O)OC(CS(=O)(=O)O)C(F)(F)F)c([B])c1NC(C)=O. The minimum absolute atomic E-state index is 0.149. The van der Waals surface area contributed by atoms with Gasteiger partial charge in [0.25, 0.3) is 10.1 Å². The molecule has 1 aromatic carbocycles. The van der Waals surface area contributed by atoms with Gasteiger partial charge in [-0.1, -0.05) is 23.3 Å². The number of carbonyl (C=O) groups is 2. The topological polar surface area (TPSA) is 110 Å². The van der Waals surface area contributed by atoms with Gasteiger partial charge in [0.15, 0.2) is 0 Å². The molecule has 0 spiro atoms. The summed E-state index contributed by atoms with van der Waals surface area (Å²) in [6.45, 7) is 1.11. The molecule has 1 rings (SSSR count). The minimum atomic E-state index is -5.30. The average Bonchev–Trinajstić information content (AvgIpc) is 2.46. The van der Waals surface area contributed by atoms with Gasteiger partial charge in [-0.25, -0.2) is 4.79 Å². The van der Waals surface area contributed by atoms with E-state index in [1.54, 1.807) is 0 Å². The maximum atomic E-state index is 12.9. The van der Waals surface area contributed by atoms with Crippen LogP contribution < -0.4 is 16.2 Å². The third-order valence-electron chi connectivity index (χ3n) is 3.18. The van der Waals surface area contributed by atoms with Gasteiger partial charge in [-0.3, -0.25) is 9.35 Å². The van der Waals surface area contributed by atoms with E-state index in [-0.39, 0.29) is 17.6 Å². The first kappa shape index (κ1) is 23.1. The number of carbonyl (C=O) groups excluding carboxylic acids is 2. The van der Waals surface area contributed by atoms with Crippen LogP contribution in [0.25, 0.3) is 0 Å². The number of esters is 1. The van der Waals surface area contributed by atoms with E-state index in [1.165, 1.54) is 0 Å². The lowest BCUT2D eigenvalue weighted by molar-refractivity contribution is -0.197. The third kappa shape index (κ3) is 6.31. The van der Waals surface area contributed by atoms with Gasteiger partial charge in [0.05, 0.1) is 7.85 Å². The lowest BCUT2D eigenvalue weighted by atomic mass is 9.76. The van der Waals surface area contributed by atoms with Crippen molar-refractivity contribution < 1.29 is 40.5 Å². The molecule has 2 N–H and O–H groups in total. The summed E-state index contributed by atoms with van der Waals surface area (Å²) in [5.74, 6) is -4.23. The van der Waals surface area contributed by atoms with Crippen LogP contribution in [0.3, 0.4) is 0 Å². The van der Waals surface area contributed by atoms with Crippen molar-refractivity contribution in [3.63, 3.8) is 0 Å². The van der Waals surface area contributed by atoms with Crippen molar-refractivity contribution >= 4 is 62.1 Å². The van der Waals surface area contributed by atoms with Crippen LogP contribution in [0, 0.1) is 0 Å². The highest BCUT2D eigenvalue weighted by Crippen LogP contribution is 2.25. The van der Waals surface area contributed by atoms with E-state index in [4.69, 9.17) is 28.1 Å². The summed E-state index contributed by atoms with van der Waals surface area (Å²) < 4.78 is 73.0. The lowest BCUT2D eigenvalue weighted by Crippen LogP contribution is -2.42. The van der Waals surface area contributed by atoms with Gasteiger partial charge in [0.1, 0.15) is 21.4 Å². The summed E-state index contributed by atoms with van der Waals surface area (Å²) in [6, 6.07) is 1.10. The third-order valence-corrected chi connectivity index (χ3v) is 3.90. The minimum Gasteiger partial charge on any atom is -0.448 e. The molecule has 1 unspecified atom stereocenters. The van der Waals surface area contributed by atoms with Gasteiger partial charge in [-0.15, -0.1) is 0 Å². The molecule has 0 aliphatic heterocycles. The molecule has 0 bridgehead atoms. The molecule has 1 aromatic rings. The van der Waals surface area contributed by atoms with Crippen molar-refractivity contribution in [2.24, 2.45) is 0 Å². The number of alkyl halides is 3.